The summed E-state index contributed by atoms with van der Waals surface area (Å²) in [6, 6.07) is 8.65. The first-order valence-electron chi connectivity index (χ1n) is 7.10. The van der Waals surface area contributed by atoms with Crippen LogP contribution in [0.3, 0.4) is 0 Å². The Hall–Kier alpha value is -1.58. The summed E-state index contributed by atoms with van der Waals surface area (Å²) < 4.78 is 7.28. The van der Waals surface area contributed by atoms with E-state index in [1.54, 1.807) is 7.11 Å². The molecule has 0 saturated carbocycles. The van der Waals surface area contributed by atoms with Crippen molar-refractivity contribution in [2.75, 3.05) is 20.3 Å². The Labute approximate surface area is 121 Å². The molecule has 0 atom stereocenters. The molecule has 0 aliphatic carbocycles. The summed E-state index contributed by atoms with van der Waals surface area (Å²) in [6.45, 7) is 7.83. The van der Waals surface area contributed by atoms with Crippen molar-refractivity contribution in [2.45, 2.75) is 26.9 Å². The van der Waals surface area contributed by atoms with Gasteiger partial charge in [-0.1, -0.05) is 18.2 Å². The molecule has 0 spiro atoms. The number of nitrogens with zero attached hydrogens (tertiary/aromatic N) is 1. The summed E-state index contributed by atoms with van der Waals surface area (Å²) in [6.07, 6.45) is 4.37. The van der Waals surface area contributed by atoms with E-state index in [9.17, 15) is 0 Å². The van der Waals surface area contributed by atoms with Crippen molar-refractivity contribution in [1.82, 2.24) is 9.88 Å². The van der Waals surface area contributed by atoms with E-state index in [0.717, 1.165) is 26.2 Å². The van der Waals surface area contributed by atoms with Gasteiger partial charge in [-0.2, -0.15) is 0 Å². The highest BCUT2D eigenvalue weighted by Crippen LogP contribution is 2.15. The number of nitrogens with one attached hydrogen (secondary N) is 1. The van der Waals surface area contributed by atoms with E-state index >= 15 is 0 Å². The normalized spacial score (nSPS) is 10.9. The average Bonchev–Trinajstić information content (AvgIpc) is 2.87. The van der Waals surface area contributed by atoms with Crippen molar-refractivity contribution in [2.24, 2.45) is 0 Å². The number of rotatable bonds is 7. The Morgan fingerprint density at radius 1 is 1.15 bits per heavy atom. The highest BCUT2D eigenvalue weighted by Gasteiger charge is 2.03. The first kappa shape index (κ1) is 14.8. The zero-order valence-electron chi connectivity index (χ0n) is 12.6. The van der Waals surface area contributed by atoms with E-state index < -0.39 is 0 Å². The van der Waals surface area contributed by atoms with Crippen LogP contribution in [0.1, 0.15) is 22.3 Å². The molecule has 0 unspecified atom stereocenters. The van der Waals surface area contributed by atoms with E-state index in [1.807, 2.05) is 0 Å². The van der Waals surface area contributed by atoms with E-state index in [4.69, 9.17) is 4.74 Å². The predicted molar refractivity (Wildman–Crippen MR) is 83.0 cm³/mol. The third-order valence-electron chi connectivity index (χ3n) is 3.61. The van der Waals surface area contributed by atoms with Crippen LogP contribution in [-0.4, -0.2) is 24.8 Å². The monoisotopic (exact) mass is 272 g/mol. The van der Waals surface area contributed by atoms with E-state index in [-0.39, 0.29) is 0 Å². The van der Waals surface area contributed by atoms with Gasteiger partial charge in [-0.3, -0.25) is 0 Å². The summed E-state index contributed by atoms with van der Waals surface area (Å²) in [4.78, 5) is 0. The van der Waals surface area contributed by atoms with E-state index in [1.165, 1.54) is 22.3 Å². The number of benzene rings is 1. The molecule has 1 aromatic heterocycles. The van der Waals surface area contributed by atoms with Crippen molar-refractivity contribution in [3.05, 3.63) is 58.9 Å². The Balaban J connectivity index is 1.96. The molecule has 3 nitrogen and oxygen atoms in total. The summed E-state index contributed by atoms with van der Waals surface area (Å²) >= 11 is 0. The Kier molecular flexibility index (Phi) is 5.39. The molecule has 0 aliphatic rings. The fourth-order valence-electron chi connectivity index (χ4n) is 2.38. The Morgan fingerprint density at radius 3 is 2.60 bits per heavy atom. The number of aromatic nitrogens is 1. The SMILES string of the molecule is COCCNCc1ccn(Cc2c(C)cccc2C)c1. The molecule has 0 amide bonds. The number of ether oxygens (including phenoxy) is 1. The third kappa shape index (κ3) is 3.95. The Morgan fingerprint density at radius 2 is 1.90 bits per heavy atom. The summed E-state index contributed by atoms with van der Waals surface area (Å²) in [5.41, 5.74) is 5.45. The fourth-order valence-corrected chi connectivity index (χ4v) is 2.38. The highest BCUT2D eigenvalue weighted by molar-refractivity contribution is 5.33. The van der Waals surface area contributed by atoms with Crippen LogP contribution in [0.4, 0.5) is 0 Å². The molecule has 1 aromatic carbocycles. The first-order chi connectivity index (χ1) is 9.70. The van der Waals surface area contributed by atoms with Gasteiger partial charge in [0.2, 0.25) is 0 Å². The maximum absolute atomic E-state index is 5.02. The van der Waals surface area contributed by atoms with Gasteiger partial charge >= 0.3 is 0 Å². The maximum Gasteiger partial charge on any atom is 0.0587 e. The van der Waals surface area contributed by atoms with Gasteiger partial charge < -0.3 is 14.6 Å². The van der Waals surface area contributed by atoms with Gasteiger partial charge in [0.1, 0.15) is 0 Å². The summed E-state index contributed by atoms with van der Waals surface area (Å²) in [5, 5.41) is 3.36. The molecule has 0 bridgehead atoms. The van der Waals surface area contributed by atoms with Crippen LogP contribution in [0.15, 0.2) is 36.7 Å². The minimum Gasteiger partial charge on any atom is -0.383 e. The number of hydrogen-bond donors (Lipinski definition) is 1. The minimum absolute atomic E-state index is 0.753. The molecule has 0 radical (unpaired) electrons. The third-order valence-corrected chi connectivity index (χ3v) is 3.61. The molecule has 2 rings (SSSR count). The molecule has 108 valence electrons. The number of aryl methyl sites for hydroxylation is 2. The van der Waals surface area contributed by atoms with Gasteiger partial charge in [0.05, 0.1) is 6.61 Å². The second-order valence-corrected chi connectivity index (χ2v) is 5.23. The largest absolute Gasteiger partial charge is 0.383 e. The van der Waals surface area contributed by atoms with Gasteiger partial charge in [0.15, 0.2) is 0 Å². The van der Waals surface area contributed by atoms with Crippen LogP contribution < -0.4 is 5.32 Å². The second-order valence-electron chi connectivity index (χ2n) is 5.23. The lowest BCUT2D eigenvalue weighted by Crippen LogP contribution is -2.18. The van der Waals surface area contributed by atoms with Crippen LogP contribution in [0, 0.1) is 13.8 Å². The average molecular weight is 272 g/mol. The summed E-state index contributed by atoms with van der Waals surface area (Å²) in [7, 11) is 1.72. The number of hydrogen-bond acceptors (Lipinski definition) is 2. The molecular weight excluding hydrogens is 248 g/mol. The van der Waals surface area contributed by atoms with E-state index in [0.29, 0.717) is 0 Å². The lowest BCUT2D eigenvalue weighted by Gasteiger charge is -2.10. The van der Waals surface area contributed by atoms with E-state index in [2.05, 4.69) is 60.4 Å². The molecule has 3 heteroatoms. The quantitative estimate of drug-likeness (QED) is 0.784. The van der Waals surface area contributed by atoms with Gasteiger partial charge in [0, 0.05) is 39.1 Å². The van der Waals surface area contributed by atoms with Gasteiger partial charge in [-0.25, -0.2) is 0 Å². The van der Waals surface area contributed by atoms with Crippen LogP contribution in [0.25, 0.3) is 0 Å². The van der Waals surface area contributed by atoms with Crippen molar-refractivity contribution < 1.29 is 4.74 Å². The standard InChI is InChI=1S/C17H24N2O/c1-14-5-4-6-15(2)17(14)13-19-9-7-16(12-19)11-18-8-10-20-3/h4-7,9,12,18H,8,10-11,13H2,1-3H3. The highest BCUT2D eigenvalue weighted by atomic mass is 16.5. The lowest BCUT2D eigenvalue weighted by molar-refractivity contribution is 0.199. The van der Waals surface area contributed by atoms with Crippen LogP contribution in [0.5, 0.6) is 0 Å². The first-order valence-corrected chi connectivity index (χ1v) is 7.10. The molecule has 20 heavy (non-hydrogen) atoms. The van der Waals surface area contributed by atoms with Crippen LogP contribution >= 0.6 is 0 Å². The van der Waals surface area contributed by atoms with Crippen molar-refractivity contribution in [1.29, 1.82) is 0 Å². The van der Waals surface area contributed by atoms with Crippen molar-refractivity contribution in [3.8, 4) is 0 Å². The fraction of sp³-hybridized carbons (Fsp3) is 0.412. The molecule has 2 aromatic rings. The molecular formula is C17H24N2O. The van der Waals surface area contributed by atoms with Crippen molar-refractivity contribution in [3.63, 3.8) is 0 Å². The lowest BCUT2D eigenvalue weighted by atomic mass is 10.0. The van der Waals surface area contributed by atoms with Crippen molar-refractivity contribution >= 4 is 0 Å². The Bertz CT molecular complexity index is 525. The smallest absolute Gasteiger partial charge is 0.0587 e. The van der Waals surface area contributed by atoms with Crippen LogP contribution in [-0.2, 0) is 17.8 Å². The number of methoxy groups -OCH3 is 1. The molecule has 1 N–H and O–H groups in total. The maximum atomic E-state index is 5.02. The zero-order valence-corrected chi connectivity index (χ0v) is 12.6. The summed E-state index contributed by atoms with van der Waals surface area (Å²) in [5.74, 6) is 0. The van der Waals surface area contributed by atoms with Gasteiger partial charge in [0.25, 0.3) is 0 Å². The van der Waals surface area contributed by atoms with Gasteiger partial charge in [-0.15, -0.1) is 0 Å². The molecule has 1 heterocycles. The van der Waals surface area contributed by atoms with Crippen LogP contribution in [0.2, 0.25) is 0 Å². The van der Waals surface area contributed by atoms with Gasteiger partial charge in [-0.05, 0) is 42.2 Å². The molecule has 0 saturated heterocycles. The molecule has 0 fully saturated rings. The minimum atomic E-state index is 0.753. The zero-order chi connectivity index (χ0) is 14.4. The molecule has 0 aliphatic heterocycles. The topological polar surface area (TPSA) is 26.2 Å². The second kappa shape index (κ2) is 7.27. The predicted octanol–water partition coefficient (Wildman–Crippen LogP) is 2.89.